The minimum atomic E-state index is -0.836. The molecule has 4 rings (SSSR count). The van der Waals surface area contributed by atoms with Crippen molar-refractivity contribution in [2.24, 2.45) is 4.99 Å². The van der Waals surface area contributed by atoms with Crippen LogP contribution in [0.3, 0.4) is 0 Å². The Kier molecular flexibility index (Phi) is 4.99. The fourth-order valence-electron chi connectivity index (χ4n) is 4.26. The Bertz CT molecular complexity index is 958. The minimum Gasteiger partial charge on any atom is -0.504 e. The van der Waals surface area contributed by atoms with Gasteiger partial charge in [-0.1, -0.05) is 54.2 Å². The van der Waals surface area contributed by atoms with Gasteiger partial charge in [-0.25, -0.2) is 4.99 Å². The summed E-state index contributed by atoms with van der Waals surface area (Å²) in [7, 11) is 0. The third kappa shape index (κ3) is 3.81. The van der Waals surface area contributed by atoms with Crippen LogP contribution in [-0.2, 0) is 0 Å². The van der Waals surface area contributed by atoms with Gasteiger partial charge in [0.25, 0.3) is 0 Å². The Labute approximate surface area is 175 Å². The van der Waals surface area contributed by atoms with Gasteiger partial charge in [-0.05, 0) is 25.5 Å². The second kappa shape index (κ2) is 7.34. The third-order valence-corrected chi connectivity index (χ3v) is 6.21. The van der Waals surface area contributed by atoms with Gasteiger partial charge < -0.3 is 20.3 Å². The summed E-state index contributed by atoms with van der Waals surface area (Å²) < 4.78 is 6.39. The number of hydrogen-bond acceptors (Lipinski definition) is 6. The number of amidine groups is 1. The number of ether oxygens (including phenoxy) is 1. The van der Waals surface area contributed by atoms with Gasteiger partial charge in [-0.3, -0.25) is 0 Å². The maximum Gasteiger partial charge on any atom is 0.206 e. The third-order valence-electron chi connectivity index (χ3n) is 5.34. The number of phenolic OH excluding ortho intramolecular Hbond substituents is 2. The van der Waals surface area contributed by atoms with E-state index in [1.165, 1.54) is 6.07 Å². The van der Waals surface area contributed by atoms with Crippen molar-refractivity contribution in [1.29, 1.82) is 0 Å². The van der Waals surface area contributed by atoms with E-state index in [1.807, 2.05) is 30.3 Å². The van der Waals surface area contributed by atoms with Gasteiger partial charge in [-0.2, -0.15) is 0 Å². The molecule has 0 saturated carbocycles. The van der Waals surface area contributed by atoms with Crippen LogP contribution in [0.5, 0.6) is 17.2 Å². The number of fused-ring (bicyclic) bond motifs is 1. The summed E-state index contributed by atoms with van der Waals surface area (Å²) in [6.07, 6.45) is 3.13. The Morgan fingerprint density at radius 3 is 2.72 bits per heavy atom. The Balaban J connectivity index is 1.85. The first-order chi connectivity index (χ1) is 13.8. The standard InChI is InChI=1S/C23H26N2O3S/c1-4-12-29-21-24-22(2,3)14-23(25-21)13-17(15-8-6-5-7-9-15)16-10-11-18(26)19(27)20(16)28-23/h4-11,17,26-27H,1,12-14H2,2-3H3,(H,24,25)/t17-,23-/m1/s1. The summed E-state index contributed by atoms with van der Waals surface area (Å²) in [4.78, 5) is 4.96. The van der Waals surface area contributed by atoms with Gasteiger partial charge >= 0.3 is 0 Å². The molecule has 2 aliphatic heterocycles. The monoisotopic (exact) mass is 410 g/mol. The lowest BCUT2D eigenvalue weighted by Gasteiger charge is -2.47. The maximum absolute atomic E-state index is 10.6. The summed E-state index contributed by atoms with van der Waals surface area (Å²) in [6, 6.07) is 13.5. The van der Waals surface area contributed by atoms with Crippen molar-refractivity contribution in [3.8, 4) is 17.2 Å². The van der Waals surface area contributed by atoms with E-state index in [9.17, 15) is 10.2 Å². The average Bonchev–Trinajstić information content (AvgIpc) is 2.68. The fourth-order valence-corrected chi connectivity index (χ4v) is 5.12. The molecule has 5 nitrogen and oxygen atoms in total. The number of aromatic hydroxyl groups is 2. The molecule has 0 radical (unpaired) electrons. The van der Waals surface area contributed by atoms with Crippen molar-refractivity contribution in [3.05, 3.63) is 66.2 Å². The highest BCUT2D eigenvalue weighted by Gasteiger charge is 2.49. The second-order valence-electron chi connectivity index (χ2n) is 8.27. The van der Waals surface area contributed by atoms with Crippen LogP contribution in [0.2, 0.25) is 0 Å². The van der Waals surface area contributed by atoms with Crippen LogP contribution in [0.25, 0.3) is 0 Å². The van der Waals surface area contributed by atoms with E-state index in [1.54, 1.807) is 11.8 Å². The van der Waals surface area contributed by atoms with Crippen molar-refractivity contribution in [1.82, 2.24) is 5.32 Å². The number of nitrogens with zero attached hydrogens (tertiary/aromatic N) is 1. The van der Waals surface area contributed by atoms with Crippen LogP contribution in [-0.4, -0.2) is 32.4 Å². The SMILES string of the molecule is C=CCSC1=N[C@@]2(C[C@H](c3ccccc3)c3ccc(O)c(O)c3O2)CC(C)(C)N1. The van der Waals surface area contributed by atoms with Crippen molar-refractivity contribution >= 4 is 16.9 Å². The molecule has 2 aromatic carbocycles. The quantitative estimate of drug-likeness (QED) is 0.503. The zero-order valence-corrected chi connectivity index (χ0v) is 17.5. The van der Waals surface area contributed by atoms with E-state index in [4.69, 9.17) is 9.73 Å². The number of thioether (sulfide) groups is 1. The van der Waals surface area contributed by atoms with Gasteiger partial charge in [0.1, 0.15) is 0 Å². The number of phenols is 2. The number of aliphatic imine (C=N–C) groups is 1. The lowest BCUT2D eigenvalue weighted by molar-refractivity contribution is 0.0108. The smallest absolute Gasteiger partial charge is 0.206 e. The molecule has 152 valence electrons. The number of benzene rings is 2. The first kappa shape index (κ1) is 19.7. The maximum atomic E-state index is 10.6. The summed E-state index contributed by atoms with van der Waals surface area (Å²) in [5.74, 6) is 0.637. The predicted octanol–water partition coefficient (Wildman–Crippen LogP) is 4.76. The highest BCUT2D eigenvalue weighted by Crippen LogP contribution is 2.53. The highest BCUT2D eigenvalue weighted by atomic mass is 32.2. The second-order valence-corrected chi connectivity index (χ2v) is 9.28. The van der Waals surface area contributed by atoms with E-state index < -0.39 is 5.72 Å². The number of rotatable bonds is 3. The summed E-state index contributed by atoms with van der Waals surface area (Å²) >= 11 is 1.58. The fraction of sp³-hybridized carbons (Fsp3) is 0.348. The molecule has 6 heteroatoms. The van der Waals surface area contributed by atoms with E-state index in [0.29, 0.717) is 18.6 Å². The first-order valence-corrected chi connectivity index (χ1v) is 10.7. The van der Waals surface area contributed by atoms with Gasteiger partial charge in [0.15, 0.2) is 16.7 Å². The van der Waals surface area contributed by atoms with E-state index in [-0.39, 0.29) is 23.0 Å². The zero-order valence-electron chi connectivity index (χ0n) is 16.7. The number of hydrogen-bond donors (Lipinski definition) is 3. The Hall–Kier alpha value is -2.60. The first-order valence-electron chi connectivity index (χ1n) is 9.73. The topological polar surface area (TPSA) is 74.1 Å². The summed E-state index contributed by atoms with van der Waals surface area (Å²) in [6.45, 7) is 8.04. The Morgan fingerprint density at radius 2 is 2.00 bits per heavy atom. The normalized spacial score (nSPS) is 24.8. The van der Waals surface area contributed by atoms with Gasteiger partial charge in [-0.15, -0.1) is 6.58 Å². The van der Waals surface area contributed by atoms with Crippen molar-refractivity contribution in [2.75, 3.05) is 5.75 Å². The van der Waals surface area contributed by atoms with Gasteiger partial charge in [0, 0.05) is 35.6 Å². The molecule has 0 bridgehead atoms. The van der Waals surface area contributed by atoms with Crippen LogP contribution in [0.1, 0.15) is 43.7 Å². The molecule has 29 heavy (non-hydrogen) atoms. The molecular formula is C23H26N2O3S. The molecule has 3 N–H and O–H groups in total. The summed E-state index contributed by atoms with van der Waals surface area (Å²) in [5.41, 5.74) is 0.922. The zero-order chi connectivity index (χ0) is 20.6. The van der Waals surface area contributed by atoms with E-state index >= 15 is 0 Å². The van der Waals surface area contributed by atoms with Gasteiger partial charge in [0.2, 0.25) is 11.5 Å². The summed E-state index contributed by atoms with van der Waals surface area (Å²) in [5, 5.41) is 25.0. The molecule has 2 heterocycles. The molecule has 0 fully saturated rings. The lowest BCUT2D eigenvalue weighted by atomic mass is 9.77. The highest BCUT2D eigenvalue weighted by molar-refractivity contribution is 8.13. The molecule has 2 atom stereocenters. The van der Waals surface area contributed by atoms with Crippen LogP contribution in [0.4, 0.5) is 0 Å². The largest absolute Gasteiger partial charge is 0.504 e. The molecule has 0 unspecified atom stereocenters. The van der Waals surface area contributed by atoms with E-state index in [2.05, 4.69) is 37.9 Å². The minimum absolute atomic E-state index is 0.00486. The average molecular weight is 411 g/mol. The molecular weight excluding hydrogens is 384 g/mol. The Morgan fingerprint density at radius 1 is 1.24 bits per heavy atom. The molecule has 2 aromatic rings. The van der Waals surface area contributed by atoms with Crippen LogP contribution < -0.4 is 10.1 Å². The van der Waals surface area contributed by atoms with Crippen molar-refractivity contribution in [3.63, 3.8) is 0 Å². The van der Waals surface area contributed by atoms with Crippen LogP contribution >= 0.6 is 11.8 Å². The van der Waals surface area contributed by atoms with Crippen molar-refractivity contribution in [2.45, 2.75) is 43.9 Å². The number of nitrogens with one attached hydrogen (secondary N) is 1. The van der Waals surface area contributed by atoms with E-state index in [0.717, 1.165) is 22.0 Å². The molecule has 0 saturated heterocycles. The molecule has 0 amide bonds. The van der Waals surface area contributed by atoms with Crippen LogP contribution in [0.15, 0.2) is 60.1 Å². The predicted molar refractivity (Wildman–Crippen MR) is 118 cm³/mol. The van der Waals surface area contributed by atoms with Crippen LogP contribution in [0, 0.1) is 0 Å². The molecule has 0 aromatic heterocycles. The molecule has 0 aliphatic carbocycles. The van der Waals surface area contributed by atoms with Crippen molar-refractivity contribution < 1.29 is 14.9 Å². The molecule has 2 aliphatic rings. The molecule has 1 spiro atoms. The van der Waals surface area contributed by atoms with Gasteiger partial charge in [0.05, 0.1) is 0 Å². The lowest BCUT2D eigenvalue weighted by Crippen LogP contribution is -2.57.